The molecule has 2 atom stereocenters. The van der Waals surface area contributed by atoms with Crippen LogP contribution in [-0.4, -0.2) is 18.5 Å². The minimum Gasteiger partial charge on any atom is -0.354 e. The molecule has 0 bridgehead atoms. The van der Waals surface area contributed by atoms with Crippen LogP contribution in [0.1, 0.15) is 25.7 Å². The highest BCUT2D eigenvalue weighted by Crippen LogP contribution is 2.15. The molecule has 1 aliphatic carbocycles. The van der Waals surface area contributed by atoms with E-state index in [9.17, 15) is 4.79 Å². The summed E-state index contributed by atoms with van der Waals surface area (Å²) in [5, 5.41) is 2.73. The summed E-state index contributed by atoms with van der Waals surface area (Å²) < 4.78 is 0. The summed E-state index contributed by atoms with van der Waals surface area (Å²) in [4.78, 5) is 10.1. The zero-order chi connectivity index (χ0) is 7.40. The highest BCUT2D eigenvalue weighted by molar-refractivity contribution is 5.46. The van der Waals surface area contributed by atoms with Crippen LogP contribution in [0.2, 0.25) is 0 Å². The highest BCUT2D eigenvalue weighted by Gasteiger charge is 2.20. The summed E-state index contributed by atoms with van der Waals surface area (Å²) in [6, 6.07) is 0.408. The Morgan fingerprint density at radius 3 is 2.70 bits per heavy atom. The molecule has 3 nitrogen and oxygen atoms in total. The first-order valence-corrected chi connectivity index (χ1v) is 3.80. The lowest BCUT2D eigenvalue weighted by Crippen LogP contribution is -2.46. The van der Waals surface area contributed by atoms with Crippen LogP contribution in [0.5, 0.6) is 0 Å². The molecule has 1 aliphatic rings. The van der Waals surface area contributed by atoms with Crippen LogP contribution in [0.3, 0.4) is 0 Å². The number of rotatable bonds is 2. The molecule has 1 fully saturated rings. The highest BCUT2D eigenvalue weighted by atomic mass is 16.1. The smallest absolute Gasteiger partial charge is 0.207 e. The summed E-state index contributed by atoms with van der Waals surface area (Å²) >= 11 is 0. The quantitative estimate of drug-likeness (QED) is 0.533. The number of hydrogen-bond acceptors (Lipinski definition) is 2. The molecule has 58 valence electrons. The van der Waals surface area contributed by atoms with Crippen molar-refractivity contribution >= 4 is 6.41 Å². The van der Waals surface area contributed by atoms with Crippen molar-refractivity contribution in [3.05, 3.63) is 0 Å². The number of nitrogens with one attached hydrogen (secondary N) is 1. The van der Waals surface area contributed by atoms with Gasteiger partial charge in [-0.3, -0.25) is 4.79 Å². The molecule has 0 aromatic carbocycles. The lowest BCUT2D eigenvalue weighted by molar-refractivity contribution is -0.110. The topological polar surface area (TPSA) is 55.1 Å². The normalized spacial score (nSPS) is 33.3. The third-order valence-electron chi connectivity index (χ3n) is 2.10. The van der Waals surface area contributed by atoms with E-state index < -0.39 is 0 Å². The Morgan fingerprint density at radius 2 is 2.10 bits per heavy atom. The molecule has 1 rings (SSSR count). The van der Waals surface area contributed by atoms with Gasteiger partial charge in [0.15, 0.2) is 0 Å². The predicted molar refractivity (Wildman–Crippen MR) is 39.4 cm³/mol. The molecule has 0 unspecified atom stereocenters. The van der Waals surface area contributed by atoms with Crippen LogP contribution in [0.4, 0.5) is 0 Å². The summed E-state index contributed by atoms with van der Waals surface area (Å²) in [6.45, 7) is 0. The number of carbonyl (C=O) groups excluding carboxylic acids is 1. The van der Waals surface area contributed by atoms with Gasteiger partial charge < -0.3 is 11.1 Å². The average molecular weight is 142 g/mol. The van der Waals surface area contributed by atoms with Crippen molar-refractivity contribution < 1.29 is 4.79 Å². The molecule has 10 heavy (non-hydrogen) atoms. The summed E-state index contributed by atoms with van der Waals surface area (Å²) in [5.41, 5.74) is 5.74. The SMILES string of the molecule is N[C@H]1CCCC[C@@H]1NC=O. The minimum absolute atomic E-state index is 0.180. The second-order valence-electron chi connectivity index (χ2n) is 2.84. The van der Waals surface area contributed by atoms with Crippen LogP contribution in [0.25, 0.3) is 0 Å². The third kappa shape index (κ3) is 1.70. The molecule has 0 heterocycles. The van der Waals surface area contributed by atoms with Gasteiger partial charge in [0.2, 0.25) is 6.41 Å². The second-order valence-corrected chi connectivity index (χ2v) is 2.84. The summed E-state index contributed by atoms with van der Waals surface area (Å²) in [6.07, 6.45) is 5.23. The van der Waals surface area contributed by atoms with Gasteiger partial charge in [0, 0.05) is 12.1 Å². The Kier molecular flexibility index (Phi) is 2.68. The van der Waals surface area contributed by atoms with Crippen molar-refractivity contribution in [1.82, 2.24) is 5.32 Å². The molecular weight excluding hydrogens is 128 g/mol. The fourth-order valence-corrected chi connectivity index (χ4v) is 1.45. The molecule has 3 N–H and O–H groups in total. The molecule has 0 radical (unpaired) electrons. The van der Waals surface area contributed by atoms with E-state index in [-0.39, 0.29) is 12.1 Å². The van der Waals surface area contributed by atoms with Gasteiger partial charge in [-0.2, -0.15) is 0 Å². The van der Waals surface area contributed by atoms with E-state index in [0.29, 0.717) is 0 Å². The number of nitrogens with two attached hydrogens (primary N) is 1. The second kappa shape index (κ2) is 3.56. The summed E-state index contributed by atoms with van der Waals surface area (Å²) in [5.74, 6) is 0. The van der Waals surface area contributed by atoms with Gasteiger partial charge in [0.25, 0.3) is 0 Å². The van der Waals surface area contributed by atoms with Crippen LogP contribution in [0.15, 0.2) is 0 Å². The van der Waals surface area contributed by atoms with Crippen LogP contribution in [0, 0.1) is 0 Å². The van der Waals surface area contributed by atoms with Crippen LogP contribution >= 0.6 is 0 Å². The lowest BCUT2D eigenvalue weighted by atomic mass is 9.91. The molecule has 0 aliphatic heterocycles. The van der Waals surface area contributed by atoms with Crippen LogP contribution < -0.4 is 11.1 Å². The maximum absolute atomic E-state index is 10.1. The number of hydrogen-bond donors (Lipinski definition) is 2. The van der Waals surface area contributed by atoms with Crippen molar-refractivity contribution in [2.75, 3.05) is 0 Å². The molecular formula is C7H14N2O. The number of amides is 1. The summed E-state index contributed by atoms with van der Waals surface area (Å²) in [7, 11) is 0. The van der Waals surface area contributed by atoms with E-state index in [4.69, 9.17) is 5.73 Å². The van der Waals surface area contributed by atoms with E-state index >= 15 is 0 Å². The van der Waals surface area contributed by atoms with Gasteiger partial charge in [0.05, 0.1) is 0 Å². The zero-order valence-electron chi connectivity index (χ0n) is 6.05. The van der Waals surface area contributed by atoms with E-state index in [1.165, 1.54) is 12.8 Å². The Balaban J connectivity index is 2.32. The van der Waals surface area contributed by atoms with Gasteiger partial charge >= 0.3 is 0 Å². The molecule has 0 spiro atoms. The third-order valence-corrected chi connectivity index (χ3v) is 2.10. The molecule has 1 amide bonds. The predicted octanol–water partition coefficient (Wildman–Crippen LogP) is 0.00230. The van der Waals surface area contributed by atoms with E-state index in [1.54, 1.807) is 0 Å². The fraction of sp³-hybridized carbons (Fsp3) is 0.857. The van der Waals surface area contributed by atoms with Gasteiger partial charge in [-0.25, -0.2) is 0 Å². The van der Waals surface area contributed by atoms with Gasteiger partial charge in [-0.05, 0) is 12.8 Å². The average Bonchev–Trinajstić information content (AvgIpc) is 1.94. The van der Waals surface area contributed by atoms with Gasteiger partial charge in [-0.1, -0.05) is 12.8 Å². The Hall–Kier alpha value is -0.570. The maximum atomic E-state index is 10.1. The molecule has 1 saturated carbocycles. The first kappa shape index (κ1) is 7.54. The minimum atomic E-state index is 0.180. The van der Waals surface area contributed by atoms with Crippen molar-refractivity contribution in [1.29, 1.82) is 0 Å². The lowest BCUT2D eigenvalue weighted by Gasteiger charge is -2.27. The van der Waals surface area contributed by atoms with Crippen LogP contribution in [-0.2, 0) is 4.79 Å². The maximum Gasteiger partial charge on any atom is 0.207 e. The van der Waals surface area contributed by atoms with E-state index in [0.717, 1.165) is 19.3 Å². The Bertz CT molecular complexity index is 116. The first-order valence-electron chi connectivity index (χ1n) is 3.80. The molecule has 0 aromatic rings. The largest absolute Gasteiger partial charge is 0.354 e. The van der Waals surface area contributed by atoms with E-state index in [1.807, 2.05) is 0 Å². The standard InChI is InChI=1S/C7H14N2O/c8-6-3-1-2-4-7(6)9-5-10/h5-7H,1-4,8H2,(H,9,10)/t6-,7-/m0/s1. The van der Waals surface area contributed by atoms with Gasteiger partial charge in [0.1, 0.15) is 0 Å². The Morgan fingerprint density at radius 1 is 1.40 bits per heavy atom. The fourth-order valence-electron chi connectivity index (χ4n) is 1.45. The van der Waals surface area contributed by atoms with Crippen molar-refractivity contribution in [3.63, 3.8) is 0 Å². The monoisotopic (exact) mass is 142 g/mol. The van der Waals surface area contributed by atoms with Crippen molar-refractivity contribution in [3.8, 4) is 0 Å². The van der Waals surface area contributed by atoms with Crippen molar-refractivity contribution in [2.24, 2.45) is 5.73 Å². The van der Waals surface area contributed by atoms with E-state index in [2.05, 4.69) is 5.32 Å². The van der Waals surface area contributed by atoms with Crippen molar-refractivity contribution in [2.45, 2.75) is 37.8 Å². The van der Waals surface area contributed by atoms with Gasteiger partial charge in [-0.15, -0.1) is 0 Å². The first-order chi connectivity index (χ1) is 4.84. The zero-order valence-corrected chi connectivity index (χ0v) is 6.05. The molecule has 0 aromatic heterocycles. The number of carbonyl (C=O) groups is 1. The Labute approximate surface area is 61.0 Å². The molecule has 3 heteroatoms. The molecule has 0 saturated heterocycles.